The minimum Gasteiger partial charge on any atom is -0.380 e. The maximum atomic E-state index is 9.44. The van der Waals surface area contributed by atoms with Gasteiger partial charge in [0.15, 0.2) is 0 Å². The van der Waals surface area contributed by atoms with Crippen molar-refractivity contribution in [3.63, 3.8) is 0 Å². The molecule has 1 saturated carbocycles. The van der Waals surface area contributed by atoms with Crippen molar-refractivity contribution in [2.75, 3.05) is 13.2 Å². The van der Waals surface area contributed by atoms with E-state index < -0.39 is 0 Å². The maximum absolute atomic E-state index is 9.44. The largest absolute Gasteiger partial charge is 0.380 e. The SMILES string of the molecule is Cc1cccc(C2(C#N)CC3(COC3)C2)c1. The van der Waals surface area contributed by atoms with E-state index in [0.717, 1.165) is 26.1 Å². The molecule has 0 atom stereocenters. The van der Waals surface area contributed by atoms with Crippen LogP contribution in [0.2, 0.25) is 0 Å². The molecule has 1 aliphatic heterocycles. The van der Waals surface area contributed by atoms with Gasteiger partial charge < -0.3 is 4.74 Å². The second-order valence-electron chi connectivity index (χ2n) is 5.41. The number of nitrogens with zero attached hydrogens (tertiary/aromatic N) is 1. The summed E-state index contributed by atoms with van der Waals surface area (Å²) < 4.78 is 5.27. The van der Waals surface area contributed by atoms with Gasteiger partial charge in [-0.25, -0.2) is 0 Å². The van der Waals surface area contributed by atoms with Crippen molar-refractivity contribution in [3.8, 4) is 6.07 Å². The van der Waals surface area contributed by atoms with Crippen LogP contribution >= 0.6 is 0 Å². The van der Waals surface area contributed by atoms with Gasteiger partial charge in [0.05, 0.1) is 24.7 Å². The molecule has 0 N–H and O–H groups in total. The van der Waals surface area contributed by atoms with Crippen molar-refractivity contribution >= 4 is 0 Å². The molecule has 2 heteroatoms. The van der Waals surface area contributed by atoms with E-state index in [4.69, 9.17) is 4.74 Å². The minimum absolute atomic E-state index is 0.240. The highest BCUT2D eigenvalue weighted by atomic mass is 16.5. The van der Waals surface area contributed by atoms with Crippen LogP contribution in [0.4, 0.5) is 0 Å². The van der Waals surface area contributed by atoms with E-state index >= 15 is 0 Å². The van der Waals surface area contributed by atoms with E-state index in [1.807, 2.05) is 6.07 Å². The molecule has 0 aromatic heterocycles. The summed E-state index contributed by atoms with van der Waals surface area (Å²) in [6.45, 7) is 3.78. The van der Waals surface area contributed by atoms with Crippen LogP contribution in [0.1, 0.15) is 24.0 Å². The summed E-state index contributed by atoms with van der Waals surface area (Å²) in [7, 11) is 0. The number of ether oxygens (including phenoxy) is 1. The first-order valence-electron chi connectivity index (χ1n) is 5.74. The fourth-order valence-corrected chi connectivity index (χ4v) is 3.11. The van der Waals surface area contributed by atoms with Gasteiger partial charge >= 0.3 is 0 Å². The van der Waals surface area contributed by atoms with Gasteiger partial charge in [-0.1, -0.05) is 29.8 Å². The molecule has 1 aromatic carbocycles. The summed E-state index contributed by atoms with van der Waals surface area (Å²) in [6.07, 6.45) is 1.94. The fourth-order valence-electron chi connectivity index (χ4n) is 3.11. The molecule has 1 heterocycles. The van der Waals surface area contributed by atoms with Gasteiger partial charge in [0.2, 0.25) is 0 Å². The molecule has 2 fully saturated rings. The van der Waals surface area contributed by atoms with E-state index in [2.05, 4.69) is 31.2 Å². The second-order valence-corrected chi connectivity index (χ2v) is 5.41. The average molecular weight is 213 g/mol. The number of benzene rings is 1. The van der Waals surface area contributed by atoms with Crippen molar-refractivity contribution in [1.29, 1.82) is 5.26 Å². The van der Waals surface area contributed by atoms with Crippen LogP contribution in [0, 0.1) is 23.7 Å². The van der Waals surface area contributed by atoms with Gasteiger partial charge in [-0.2, -0.15) is 5.26 Å². The first kappa shape index (κ1) is 9.86. The first-order valence-corrected chi connectivity index (χ1v) is 5.74. The number of nitriles is 1. The van der Waals surface area contributed by atoms with Crippen molar-refractivity contribution in [2.45, 2.75) is 25.2 Å². The molecule has 82 valence electrons. The summed E-state index contributed by atoms with van der Waals surface area (Å²) in [6, 6.07) is 10.9. The number of hydrogen-bond acceptors (Lipinski definition) is 2. The quantitative estimate of drug-likeness (QED) is 0.718. The third-order valence-electron chi connectivity index (χ3n) is 3.95. The Bertz CT molecular complexity index is 460. The molecular weight excluding hydrogens is 198 g/mol. The van der Waals surface area contributed by atoms with Gasteiger partial charge in [-0.3, -0.25) is 0 Å². The normalized spacial score (nSPS) is 24.2. The zero-order valence-electron chi connectivity index (χ0n) is 9.49. The lowest BCUT2D eigenvalue weighted by molar-refractivity contribution is -0.178. The Kier molecular flexibility index (Phi) is 1.90. The van der Waals surface area contributed by atoms with Crippen LogP contribution in [0.25, 0.3) is 0 Å². The predicted octanol–water partition coefficient (Wildman–Crippen LogP) is 2.57. The standard InChI is InChI=1S/C14H15NO/c1-11-3-2-4-12(5-11)14(8-15)6-13(7-14)9-16-10-13/h2-5H,6-7,9-10H2,1H3. The van der Waals surface area contributed by atoms with Gasteiger partial charge in [-0.05, 0) is 25.3 Å². The molecule has 1 saturated heterocycles. The third kappa shape index (κ3) is 1.22. The number of aryl methyl sites for hydroxylation is 1. The van der Waals surface area contributed by atoms with Crippen LogP contribution in [0.5, 0.6) is 0 Å². The van der Waals surface area contributed by atoms with Gasteiger partial charge in [0.25, 0.3) is 0 Å². The van der Waals surface area contributed by atoms with Gasteiger partial charge in [0.1, 0.15) is 0 Å². The second kappa shape index (κ2) is 3.09. The lowest BCUT2D eigenvalue weighted by Crippen LogP contribution is -2.59. The summed E-state index contributed by atoms with van der Waals surface area (Å²) in [5.41, 5.74) is 2.51. The van der Waals surface area contributed by atoms with Crippen molar-refractivity contribution in [3.05, 3.63) is 35.4 Å². The monoisotopic (exact) mass is 213 g/mol. The number of hydrogen-bond donors (Lipinski definition) is 0. The maximum Gasteiger partial charge on any atom is 0.0836 e. The molecule has 1 spiro atoms. The Labute approximate surface area is 95.8 Å². The van der Waals surface area contributed by atoms with Gasteiger partial charge in [0, 0.05) is 5.41 Å². The number of rotatable bonds is 1. The molecule has 16 heavy (non-hydrogen) atoms. The molecule has 2 aliphatic rings. The molecule has 1 aliphatic carbocycles. The molecule has 0 bridgehead atoms. The van der Waals surface area contributed by atoms with Gasteiger partial charge in [-0.15, -0.1) is 0 Å². The highest BCUT2D eigenvalue weighted by Crippen LogP contribution is 2.58. The predicted molar refractivity (Wildman–Crippen MR) is 61.0 cm³/mol. The average Bonchev–Trinajstić information content (AvgIpc) is 2.15. The van der Waals surface area contributed by atoms with E-state index in [1.165, 1.54) is 11.1 Å². The Hall–Kier alpha value is -1.33. The highest BCUT2D eigenvalue weighted by molar-refractivity contribution is 5.40. The smallest absolute Gasteiger partial charge is 0.0836 e. The topological polar surface area (TPSA) is 33.0 Å². The lowest BCUT2D eigenvalue weighted by Gasteiger charge is -2.57. The summed E-state index contributed by atoms with van der Waals surface area (Å²) >= 11 is 0. The molecule has 1 aromatic rings. The molecule has 2 nitrogen and oxygen atoms in total. The lowest BCUT2D eigenvalue weighted by atomic mass is 9.50. The van der Waals surface area contributed by atoms with Crippen LogP contribution in [-0.4, -0.2) is 13.2 Å². The fraction of sp³-hybridized carbons (Fsp3) is 0.500. The molecule has 0 unspecified atom stereocenters. The van der Waals surface area contributed by atoms with Crippen molar-refractivity contribution in [2.24, 2.45) is 5.41 Å². The molecular formula is C14H15NO. The Morgan fingerprint density at radius 3 is 2.56 bits per heavy atom. The van der Waals surface area contributed by atoms with Crippen LogP contribution in [-0.2, 0) is 10.2 Å². The van der Waals surface area contributed by atoms with Crippen LogP contribution in [0.15, 0.2) is 24.3 Å². The third-order valence-corrected chi connectivity index (χ3v) is 3.95. The molecule has 3 rings (SSSR count). The Morgan fingerprint density at radius 1 is 1.31 bits per heavy atom. The summed E-state index contributed by atoms with van der Waals surface area (Å²) in [5.74, 6) is 0. The van der Waals surface area contributed by atoms with Crippen molar-refractivity contribution in [1.82, 2.24) is 0 Å². The van der Waals surface area contributed by atoms with Crippen LogP contribution in [0.3, 0.4) is 0 Å². The highest BCUT2D eigenvalue weighted by Gasteiger charge is 2.59. The van der Waals surface area contributed by atoms with E-state index in [0.29, 0.717) is 5.41 Å². The minimum atomic E-state index is -0.240. The molecule has 0 radical (unpaired) electrons. The summed E-state index contributed by atoms with van der Waals surface area (Å²) in [5, 5.41) is 9.44. The Morgan fingerprint density at radius 2 is 2.06 bits per heavy atom. The Balaban J connectivity index is 1.90. The van der Waals surface area contributed by atoms with Crippen LogP contribution < -0.4 is 0 Å². The van der Waals surface area contributed by atoms with E-state index in [1.54, 1.807) is 0 Å². The zero-order valence-corrected chi connectivity index (χ0v) is 9.49. The van der Waals surface area contributed by atoms with Crippen molar-refractivity contribution < 1.29 is 4.74 Å². The first-order chi connectivity index (χ1) is 7.68. The zero-order chi connectivity index (χ0) is 11.2. The van der Waals surface area contributed by atoms with E-state index in [-0.39, 0.29) is 5.41 Å². The van der Waals surface area contributed by atoms with E-state index in [9.17, 15) is 5.26 Å². The molecule has 0 amide bonds. The summed E-state index contributed by atoms with van der Waals surface area (Å²) in [4.78, 5) is 0.